The number of rotatable bonds is 0. The zero-order valence-corrected chi connectivity index (χ0v) is 40.5. The predicted molar refractivity (Wildman–Crippen MR) is 286 cm³/mol. The molecule has 324 valence electrons. The van der Waals surface area contributed by atoms with E-state index in [9.17, 15) is 0 Å². The number of fused-ring (bicyclic) bond motifs is 4. The predicted octanol–water partition coefficient (Wildman–Crippen LogP) is 18.4. The van der Waals surface area contributed by atoms with Crippen LogP contribution in [0.15, 0.2) is 194 Å². The maximum Gasteiger partial charge on any atom is -0.0152 e. The fourth-order valence-corrected chi connectivity index (χ4v) is 7.49. The molecule has 0 radical (unpaired) electrons. The maximum absolute atomic E-state index is 2.24. The van der Waals surface area contributed by atoms with Crippen LogP contribution in [-0.2, 0) is 0 Å². The summed E-state index contributed by atoms with van der Waals surface area (Å²) in [6, 6.07) is 68.9. The van der Waals surface area contributed by atoms with Gasteiger partial charge in [0.15, 0.2) is 0 Å². The molecule has 0 spiro atoms. The van der Waals surface area contributed by atoms with Gasteiger partial charge in [-0.25, -0.2) is 0 Å². The third-order valence-electron chi connectivity index (χ3n) is 11.5. The van der Waals surface area contributed by atoms with E-state index in [1.165, 1.54) is 110 Å². The number of hydrogen-bond acceptors (Lipinski definition) is 0. The lowest BCUT2D eigenvalue weighted by molar-refractivity contribution is 1.40. The van der Waals surface area contributed by atoms with Gasteiger partial charge < -0.3 is 0 Å². The minimum atomic E-state index is 1.33. The van der Waals surface area contributed by atoms with Crippen LogP contribution >= 0.6 is 0 Å². The van der Waals surface area contributed by atoms with Crippen molar-refractivity contribution in [2.24, 2.45) is 0 Å². The second-order valence-electron chi connectivity index (χ2n) is 17.5. The summed E-state index contributed by atoms with van der Waals surface area (Å²) in [5.74, 6) is 0. The molecule has 0 amide bonds. The number of aryl methyl sites for hydroxylation is 12. The van der Waals surface area contributed by atoms with Gasteiger partial charge in [-0.15, -0.1) is 0 Å². The first-order valence-electron chi connectivity index (χ1n) is 22.6. The molecule has 0 aliphatic heterocycles. The first kappa shape index (κ1) is 48.3. The lowest BCUT2D eigenvalue weighted by atomic mass is 10.0. The lowest BCUT2D eigenvalue weighted by Gasteiger charge is -2.01. The Labute approximate surface area is 385 Å². The minimum absolute atomic E-state index is 1.33. The molecule has 10 aromatic rings. The molecule has 0 aliphatic rings. The van der Waals surface area contributed by atoms with E-state index in [4.69, 9.17) is 0 Å². The largest absolute Gasteiger partial charge is 0.0614 e. The first-order chi connectivity index (χ1) is 30.7. The molecule has 0 N–H and O–H groups in total. The SMILES string of the molecule is Cc1ccc(C)cc1.Cc1ccc(C)cc1.Cc1ccc2c(C)cccc2c1.Cc1ccc2c(C)cccc2c1.Cc1ccc2cccc(C)c2c1.Cc1ccc2cccc(C)c2c1. The van der Waals surface area contributed by atoms with E-state index in [0.717, 1.165) is 0 Å². The van der Waals surface area contributed by atoms with Gasteiger partial charge in [0.05, 0.1) is 0 Å². The summed E-state index contributed by atoms with van der Waals surface area (Å²) in [5.41, 5.74) is 16.1. The average molecular weight is 837 g/mol. The third kappa shape index (κ3) is 14.7. The summed E-state index contributed by atoms with van der Waals surface area (Å²) in [6.07, 6.45) is 0. The van der Waals surface area contributed by atoms with Crippen molar-refractivity contribution in [1.29, 1.82) is 0 Å². The molecule has 0 atom stereocenters. The van der Waals surface area contributed by atoms with Crippen LogP contribution in [0.5, 0.6) is 0 Å². The molecule has 64 heavy (non-hydrogen) atoms. The highest BCUT2D eigenvalue weighted by Crippen LogP contribution is 2.22. The van der Waals surface area contributed by atoms with E-state index in [1.807, 2.05) is 0 Å². The molecule has 10 aromatic carbocycles. The molecule has 0 heteroatoms. The molecule has 0 bridgehead atoms. The van der Waals surface area contributed by atoms with Gasteiger partial charge in [0.1, 0.15) is 0 Å². The number of hydrogen-bond donors (Lipinski definition) is 0. The Morgan fingerprint density at radius 1 is 0.172 bits per heavy atom. The van der Waals surface area contributed by atoms with Crippen molar-refractivity contribution in [2.75, 3.05) is 0 Å². The minimum Gasteiger partial charge on any atom is -0.0614 e. The van der Waals surface area contributed by atoms with Crippen LogP contribution in [-0.4, -0.2) is 0 Å². The molecule has 0 fully saturated rings. The molecular formula is C64H68. The van der Waals surface area contributed by atoms with E-state index < -0.39 is 0 Å². The normalized spacial score (nSPS) is 10.2. The van der Waals surface area contributed by atoms with Crippen LogP contribution in [0.2, 0.25) is 0 Å². The zero-order chi connectivity index (χ0) is 46.2. The second kappa shape index (κ2) is 23.6. The van der Waals surface area contributed by atoms with Crippen LogP contribution in [0, 0.1) is 83.1 Å². The second-order valence-corrected chi connectivity index (χ2v) is 17.5. The van der Waals surface area contributed by atoms with E-state index in [2.05, 4.69) is 277 Å². The van der Waals surface area contributed by atoms with E-state index in [-0.39, 0.29) is 0 Å². The summed E-state index contributed by atoms with van der Waals surface area (Å²) < 4.78 is 0. The first-order valence-corrected chi connectivity index (χ1v) is 22.6. The van der Waals surface area contributed by atoms with E-state index in [1.54, 1.807) is 0 Å². The highest BCUT2D eigenvalue weighted by molar-refractivity contribution is 5.88. The van der Waals surface area contributed by atoms with Crippen LogP contribution in [0.3, 0.4) is 0 Å². The topological polar surface area (TPSA) is 0 Å². The van der Waals surface area contributed by atoms with E-state index in [0.29, 0.717) is 0 Å². The summed E-state index contributed by atoms with van der Waals surface area (Å²) in [4.78, 5) is 0. The quantitative estimate of drug-likeness (QED) is 0.143. The Morgan fingerprint density at radius 3 is 0.719 bits per heavy atom. The Morgan fingerprint density at radius 2 is 0.406 bits per heavy atom. The molecule has 10 rings (SSSR count). The molecule has 0 nitrogen and oxygen atoms in total. The molecule has 0 aliphatic carbocycles. The van der Waals surface area contributed by atoms with Crippen LogP contribution in [0.25, 0.3) is 43.1 Å². The summed E-state index contributed by atoms with van der Waals surface area (Å²) >= 11 is 0. The Hall–Kier alpha value is -6.76. The van der Waals surface area contributed by atoms with Crippen molar-refractivity contribution >= 4 is 43.1 Å². The van der Waals surface area contributed by atoms with Gasteiger partial charge in [-0.2, -0.15) is 0 Å². The zero-order valence-electron chi connectivity index (χ0n) is 40.5. The summed E-state index contributed by atoms with van der Waals surface area (Å²) in [7, 11) is 0. The van der Waals surface area contributed by atoms with Crippen molar-refractivity contribution < 1.29 is 0 Å². The van der Waals surface area contributed by atoms with Crippen LogP contribution in [0.4, 0.5) is 0 Å². The molecule has 0 heterocycles. The molecular weight excluding hydrogens is 769 g/mol. The van der Waals surface area contributed by atoms with Crippen molar-refractivity contribution in [1.82, 2.24) is 0 Å². The fraction of sp³-hybridized carbons (Fsp3) is 0.188. The standard InChI is InChI=1S/4C12H12.2C8H10/c2*1-9-6-7-12-10(2)4-3-5-11(12)8-9;2*1-9-6-7-11-5-3-4-10(2)12(11)8-9;2*1-7-3-5-8(2)6-4-7/h4*3-8H,1-2H3;2*3-6H,1-2H3. The molecule has 0 unspecified atom stereocenters. The third-order valence-corrected chi connectivity index (χ3v) is 11.5. The van der Waals surface area contributed by atoms with Gasteiger partial charge in [0, 0.05) is 0 Å². The average Bonchev–Trinajstić information content (AvgIpc) is 3.28. The smallest absolute Gasteiger partial charge is 0.0152 e. The molecule has 0 aromatic heterocycles. The van der Waals surface area contributed by atoms with Crippen LogP contribution < -0.4 is 0 Å². The number of benzene rings is 10. The van der Waals surface area contributed by atoms with Gasteiger partial charge in [0.25, 0.3) is 0 Å². The highest BCUT2D eigenvalue weighted by Gasteiger charge is 1.98. The monoisotopic (exact) mass is 837 g/mol. The van der Waals surface area contributed by atoms with Gasteiger partial charge >= 0.3 is 0 Å². The molecule has 0 saturated heterocycles. The Kier molecular flexibility index (Phi) is 17.8. The van der Waals surface area contributed by atoms with Crippen molar-refractivity contribution in [3.63, 3.8) is 0 Å². The van der Waals surface area contributed by atoms with E-state index >= 15 is 0 Å². The Bertz CT molecular complexity index is 2780. The summed E-state index contributed by atoms with van der Waals surface area (Å²) in [5, 5.41) is 10.8. The van der Waals surface area contributed by atoms with Gasteiger partial charge in [0.2, 0.25) is 0 Å². The lowest BCUT2D eigenvalue weighted by Crippen LogP contribution is -1.78. The Balaban J connectivity index is 0.000000146. The van der Waals surface area contributed by atoms with Gasteiger partial charge in [-0.3, -0.25) is 0 Å². The van der Waals surface area contributed by atoms with Crippen molar-refractivity contribution in [3.05, 3.63) is 261 Å². The van der Waals surface area contributed by atoms with Crippen LogP contribution in [0.1, 0.15) is 66.8 Å². The van der Waals surface area contributed by atoms with Gasteiger partial charge in [-0.1, -0.05) is 239 Å². The van der Waals surface area contributed by atoms with Crippen molar-refractivity contribution in [2.45, 2.75) is 83.1 Å². The highest BCUT2D eigenvalue weighted by atomic mass is 14.0. The molecule has 0 saturated carbocycles. The van der Waals surface area contributed by atoms with Gasteiger partial charge in [-0.05, 0) is 148 Å². The fourth-order valence-electron chi connectivity index (χ4n) is 7.49. The summed E-state index contributed by atoms with van der Waals surface area (Å²) in [6.45, 7) is 25.5. The van der Waals surface area contributed by atoms with Crippen molar-refractivity contribution in [3.8, 4) is 0 Å². The maximum atomic E-state index is 2.24.